The summed E-state index contributed by atoms with van der Waals surface area (Å²) in [5.41, 5.74) is 6.83. The molecule has 19 heavy (non-hydrogen) atoms. The molecule has 102 valence electrons. The average Bonchev–Trinajstić information content (AvgIpc) is 2.92. The van der Waals surface area contributed by atoms with Crippen LogP contribution in [0.4, 0.5) is 10.7 Å². The summed E-state index contributed by atoms with van der Waals surface area (Å²) in [5, 5.41) is 10.2. The molecule has 2 rings (SSSR count). The van der Waals surface area contributed by atoms with Gasteiger partial charge in [0, 0.05) is 19.0 Å². The highest BCUT2D eigenvalue weighted by Crippen LogP contribution is 2.40. The molecule has 0 radical (unpaired) electrons. The first-order chi connectivity index (χ1) is 8.95. The molecule has 0 aliphatic carbocycles. The molecule has 1 fully saturated rings. The fraction of sp³-hybridized carbons (Fsp3) is 0.571. The summed E-state index contributed by atoms with van der Waals surface area (Å²) in [5.74, 6) is 0.550. The number of nitrogen functional groups attached to an aromatic ring is 1. The zero-order valence-corrected chi connectivity index (χ0v) is 12.4. The number of ketones is 1. The third-order valence-corrected chi connectivity index (χ3v) is 4.78. The normalized spacial score (nSPS) is 18.9. The minimum Gasteiger partial charge on any atom is -0.396 e. The lowest BCUT2D eigenvalue weighted by atomic mass is 10.1. The van der Waals surface area contributed by atoms with Crippen molar-refractivity contribution >= 4 is 27.8 Å². The van der Waals surface area contributed by atoms with Gasteiger partial charge in [0.15, 0.2) is 5.78 Å². The molecule has 0 amide bonds. The Morgan fingerprint density at radius 2 is 2.26 bits per heavy atom. The number of nitrogens with zero attached hydrogens (tertiary/aromatic N) is 2. The number of hydrogen-bond acceptors (Lipinski definition) is 5. The first-order valence-electron chi connectivity index (χ1n) is 6.57. The maximum absolute atomic E-state index is 12.1. The van der Waals surface area contributed by atoms with Crippen LogP contribution in [0.3, 0.4) is 0 Å². The molecule has 0 bridgehead atoms. The monoisotopic (exact) mass is 277 g/mol. The van der Waals surface area contributed by atoms with Crippen LogP contribution >= 0.6 is 11.3 Å². The van der Waals surface area contributed by atoms with E-state index in [0.717, 1.165) is 24.5 Å². The first-order valence-corrected chi connectivity index (χ1v) is 7.38. The van der Waals surface area contributed by atoms with Crippen molar-refractivity contribution in [3.05, 3.63) is 10.4 Å². The summed E-state index contributed by atoms with van der Waals surface area (Å²) in [6.07, 6.45) is 1.12. The van der Waals surface area contributed by atoms with Gasteiger partial charge in [0.2, 0.25) is 0 Å². The molecule has 1 unspecified atom stereocenters. The minimum absolute atomic E-state index is 0.0255. The summed E-state index contributed by atoms with van der Waals surface area (Å²) in [6.45, 7) is 7.77. The molecule has 1 aliphatic rings. The number of thiophene rings is 1. The number of anilines is 2. The van der Waals surface area contributed by atoms with E-state index in [1.54, 1.807) is 0 Å². The molecule has 2 N–H and O–H groups in total. The Kier molecular flexibility index (Phi) is 3.81. The van der Waals surface area contributed by atoms with Crippen LogP contribution in [0, 0.1) is 23.2 Å². The highest BCUT2D eigenvalue weighted by atomic mass is 32.1. The lowest BCUT2D eigenvalue weighted by Gasteiger charge is -2.15. The van der Waals surface area contributed by atoms with Gasteiger partial charge in [-0.2, -0.15) is 5.26 Å². The fourth-order valence-electron chi connectivity index (χ4n) is 2.33. The van der Waals surface area contributed by atoms with E-state index in [4.69, 9.17) is 5.73 Å². The molecule has 1 atom stereocenters. The Labute approximate surface area is 117 Å². The molecular formula is C14H19N3OS. The zero-order valence-electron chi connectivity index (χ0n) is 11.6. The molecule has 0 spiro atoms. The van der Waals surface area contributed by atoms with Gasteiger partial charge in [-0.3, -0.25) is 4.79 Å². The van der Waals surface area contributed by atoms with Crippen molar-refractivity contribution in [1.82, 2.24) is 0 Å². The highest BCUT2D eigenvalue weighted by molar-refractivity contribution is 7.19. The van der Waals surface area contributed by atoms with Crippen LogP contribution in [0.2, 0.25) is 0 Å². The van der Waals surface area contributed by atoms with Crippen molar-refractivity contribution < 1.29 is 4.79 Å². The van der Waals surface area contributed by atoms with Gasteiger partial charge < -0.3 is 10.6 Å². The summed E-state index contributed by atoms with van der Waals surface area (Å²) in [6, 6.07) is 2.16. The second-order valence-corrected chi connectivity index (χ2v) is 6.49. The van der Waals surface area contributed by atoms with Gasteiger partial charge in [-0.25, -0.2) is 0 Å². The van der Waals surface area contributed by atoms with Gasteiger partial charge in [-0.05, 0) is 12.3 Å². The van der Waals surface area contributed by atoms with Gasteiger partial charge in [0.1, 0.15) is 16.6 Å². The Hall–Kier alpha value is -1.54. The number of carbonyl (C=O) groups is 1. The molecule has 1 aromatic rings. The van der Waals surface area contributed by atoms with Crippen LogP contribution in [0.15, 0.2) is 0 Å². The Bertz CT molecular complexity index is 542. The molecule has 2 heterocycles. The topological polar surface area (TPSA) is 70.1 Å². The molecule has 4 nitrogen and oxygen atoms in total. The lowest BCUT2D eigenvalue weighted by Crippen LogP contribution is -2.18. The van der Waals surface area contributed by atoms with E-state index in [2.05, 4.69) is 17.9 Å². The van der Waals surface area contributed by atoms with Gasteiger partial charge in [-0.15, -0.1) is 11.3 Å². The van der Waals surface area contributed by atoms with Crippen LogP contribution in [-0.2, 0) is 0 Å². The summed E-state index contributed by atoms with van der Waals surface area (Å²) in [7, 11) is 0. The number of nitrogens with two attached hydrogens (primary N) is 1. The quantitative estimate of drug-likeness (QED) is 0.862. The first kappa shape index (κ1) is 13.9. The summed E-state index contributed by atoms with van der Waals surface area (Å²) >= 11 is 1.38. The maximum atomic E-state index is 12.1. The zero-order chi connectivity index (χ0) is 14.2. The minimum atomic E-state index is -0.0992. The Morgan fingerprint density at radius 1 is 1.58 bits per heavy atom. The summed E-state index contributed by atoms with van der Waals surface area (Å²) in [4.78, 5) is 14.9. The van der Waals surface area contributed by atoms with E-state index < -0.39 is 0 Å². The molecule has 5 heteroatoms. The van der Waals surface area contributed by atoms with Gasteiger partial charge in [0.05, 0.1) is 10.6 Å². The van der Waals surface area contributed by atoms with Gasteiger partial charge in [0.25, 0.3) is 0 Å². The smallest absolute Gasteiger partial charge is 0.177 e. The largest absolute Gasteiger partial charge is 0.396 e. The van der Waals surface area contributed by atoms with Crippen molar-refractivity contribution in [3.63, 3.8) is 0 Å². The Balaban J connectivity index is 2.43. The predicted molar refractivity (Wildman–Crippen MR) is 78.6 cm³/mol. The van der Waals surface area contributed by atoms with Crippen molar-refractivity contribution in [2.24, 2.45) is 11.8 Å². The second-order valence-electron chi connectivity index (χ2n) is 5.50. The number of carbonyl (C=O) groups excluding carboxylic acids is 1. The van der Waals surface area contributed by atoms with Crippen molar-refractivity contribution in [2.75, 3.05) is 23.7 Å². The van der Waals surface area contributed by atoms with E-state index in [9.17, 15) is 10.1 Å². The summed E-state index contributed by atoms with van der Waals surface area (Å²) < 4.78 is 0. The molecule has 1 aromatic heterocycles. The molecular weight excluding hydrogens is 258 g/mol. The van der Waals surface area contributed by atoms with Crippen LogP contribution in [0.25, 0.3) is 0 Å². The van der Waals surface area contributed by atoms with Crippen LogP contribution in [0.1, 0.15) is 42.4 Å². The van der Waals surface area contributed by atoms with Crippen LogP contribution < -0.4 is 10.6 Å². The predicted octanol–water partition coefficient (Wildman–Crippen LogP) is 2.89. The van der Waals surface area contributed by atoms with Gasteiger partial charge in [-0.1, -0.05) is 20.8 Å². The molecule has 1 saturated heterocycles. The maximum Gasteiger partial charge on any atom is 0.177 e. The SMILES string of the molecule is CC1CCN(c2sc(C(=O)C(C)C)c(N)c2C#N)C1. The van der Waals surface area contributed by atoms with E-state index in [-0.39, 0.29) is 11.7 Å². The number of Topliss-reactive ketones (excluding diaryl/α,β-unsaturated/α-hetero) is 1. The van der Waals surface area contributed by atoms with Gasteiger partial charge >= 0.3 is 0 Å². The average molecular weight is 277 g/mol. The van der Waals surface area contributed by atoms with E-state index in [0.29, 0.717) is 22.0 Å². The third-order valence-electron chi connectivity index (χ3n) is 3.50. The van der Waals surface area contributed by atoms with E-state index >= 15 is 0 Å². The van der Waals surface area contributed by atoms with Crippen LogP contribution in [-0.4, -0.2) is 18.9 Å². The van der Waals surface area contributed by atoms with E-state index in [1.807, 2.05) is 13.8 Å². The fourth-order valence-corrected chi connectivity index (χ4v) is 3.62. The number of rotatable bonds is 3. The number of nitriles is 1. The van der Waals surface area contributed by atoms with Crippen LogP contribution in [0.5, 0.6) is 0 Å². The molecule has 1 aliphatic heterocycles. The standard InChI is InChI=1S/C14H19N3OS/c1-8(2)12(18)13-11(16)10(6-15)14(19-13)17-5-4-9(3)7-17/h8-9H,4-5,7,16H2,1-3H3. The Morgan fingerprint density at radius 3 is 2.74 bits per heavy atom. The third kappa shape index (κ3) is 2.45. The van der Waals surface area contributed by atoms with Crippen molar-refractivity contribution in [2.45, 2.75) is 27.2 Å². The highest BCUT2D eigenvalue weighted by Gasteiger charge is 2.28. The van der Waals surface area contributed by atoms with E-state index in [1.165, 1.54) is 11.3 Å². The molecule has 0 aromatic carbocycles. The number of hydrogen-bond donors (Lipinski definition) is 1. The second kappa shape index (κ2) is 5.22. The van der Waals surface area contributed by atoms with Crippen molar-refractivity contribution in [1.29, 1.82) is 5.26 Å². The molecule has 0 saturated carbocycles. The lowest BCUT2D eigenvalue weighted by molar-refractivity contribution is 0.0944. The van der Waals surface area contributed by atoms with Crippen molar-refractivity contribution in [3.8, 4) is 6.07 Å².